The second kappa shape index (κ2) is 22.5. The fourth-order valence-corrected chi connectivity index (χ4v) is 0. The largest absolute Gasteiger partial charge is 5.00 e. The van der Waals surface area contributed by atoms with Gasteiger partial charge < -0.3 is 51.2 Å². The summed E-state index contributed by atoms with van der Waals surface area (Å²) in [6.45, 7) is 0. The van der Waals surface area contributed by atoms with Crippen molar-refractivity contribution in [2.24, 2.45) is 0 Å². The summed E-state index contributed by atoms with van der Waals surface area (Å²) >= 11 is 0. The fourth-order valence-electron chi connectivity index (χ4n) is 0. The maximum absolute atomic E-state index is 8.33. The first-order valence-corrected chi connectivity index (χ1v) is 1.84. The molecule has 0 aliphatic carbocycles. The van der Waals surface area contributed by atoms with Gasteiger partial charge in [0.05, 0.1) is 0 Å². The van der Waals surface area contributed by atoms with E-state index in [4.69, 9.17) is 45.0 Å². The third-order valence-electron chi connectivity index (χ3n) is 0. The Labute approximate surface area is 88.9 Å². The molecule has 0 fully saturated rings. The molecule has 0 aromatic rings. The molecule has 0 rings (SSSR count). The van der Waals surface area contributed by atoms with E-state index in [0.29, 0.717) is 0 Å². The van der Waals surface area contributed by atoms with Gasteiger partial charge in [-0.2, -0.15) is 0 Å². The molecule has 10 nitrogen and oxygen atoms in total. The zero-order chi connectivity index (χ0) is 10.7. The summed E-state index contributed by atoms with van der Waals surface area (Å²) in [5.74, 6) is 0. The molecule has 11 heteroatoms. The first-order valence-electron chi connectivity index (χ1n) is 1.84. The summed E-state index contributed by atoms with van der Waals surface area (Å²) in [5, 5.41) is 50.0. The summed E-state index contributed by atoms with van der Waals surface area (Å²) in [6, 6.07) is 0. The molecule has 0 heterocycles. The van der Waals surface area contributed by atoms with Crippen LogP contribution in [0.1, 0.15) is 0 Å². The molecule has 0 bridgehead atoms. The van der Waals surface area contributed by atoms with Crippen molar-refractivity contribution in [3.05, 3.63) is 0 Å². The van der Waals surface area contributed by atoms with Crippen molar-refractivity contribution in [2.45, 2.75) is 0 Å². The first-order chi connectivity index (χ1) is 5.20. The maximum Gasteiger partial charge on any atom is 5.00 e. The molecule has 0 saturated heterocycles. The molecule has 0 atom stereocenters. The van der Waals surface area contributed by atoms with Crippen LogP contribution >= 0.6 is 0 Å². The van der Waals surface area contributed by atoms with Crippen molar-refractivity contribution in [3.63, 3.8) is 0 Å². The van der Waals surface area contributed by atoms with E-state index in [1.165, 1.54) is 0 Å². The summed E-state index contributed by atoms with van der Waals surface area (Å²) in [7, 11) is 0. The number of quaternary nitrogens is 1. The van der Waals surface area contributed by atoms with Gasteiger partial charge in [0, 0.05) is 0 Å². The van der Waals surface area contributed by atoms with Gasteiger partial charge in [0.25, 0.3) is 0 Å². The Kier molecular flexibility index (Phi) is 47.3. The Morgan fingerprint density at radius 1 is 0.571 bits per heavy atom. The quantitative estimate of drug-likeness (QED) is 0.429. The average Bonchev–Trinajstić information content (AvgIpc) is 1.54. The zero-order valence-electron chi connectivity index (χ0n) is 6.62. The van der Waals surface area contributed by atoms with E-state index in [1.807, 2.05) is 0 Å². The van der Waals surface area contributed by atoms with Crippen LogP contribution in [0.15, 0.2) is 0 Å². The predicted octanol–water partition coefficient (Wildman–Crippen LogP) is -6.97. The monoisotopic (exact) mass is 249 g/mol. The average molecular weight is 249 g/mol. The third-order valence-corrected chi connectivity index (χ3v) is 0. The molecule has 14 heavy (non-hydrogen) atoms. The van der Waals surface area contributed by atoms with E-state index in [9.17, 15) is 0 Å². The Balaban J connectivity index is -0.0000000270. The summed E-state index contributed by atoms with van der Waals surface area (Å²) in [5.41, 5.74) is 0. The molecule has 80 valence electrons. The Hall–Kier alpha value is -1.65. The standard InChI is InChI=1S/3CH2O3.H3N.V/c3*2-1(3)4;;/h3*(H2,2,3,4);1H3;/q;;;;+5/p-5. The molecule has 0 radical (unpaired) electrons. The van der Waals surface area contributed by atoms with Crippen LogP contribution in [0, 0.1) is 0 Å². The van der Waals surface area contributed by atoms with Crippen molar-refractivity contribution in [3.8, 4) is 0 Å². The van der Waals surface area contributed by atoms with Gasteiger partial charge >= 0.3 is 18.6 Å². The topological polar surface area (TPSA) is 226 Å². The van der Waals surface area contributed by atoms with Gasteiger partial charge in [0.1, 0.15) is 0 Å². The van der Waals surface area contributed by atoms with E-state index >= 15 is 0 Å². The minimum atomic E-state index is -2.33. The molecule has 4 N–H and O–H groups in total. The molecule has 0 aliphatic heterocycles. The van der Waals surface area contributed by atoms with E-state index in [1.54, 1.807) is 0 Å². The maximum atomic E-state index is 8.33. The predicted molar refractivity (Wildman–Crippen MR) is 22.2 cm³/mol. The second-order valence-corrected chi connectivity index (χ2v) is 0.750. The molecule has 0 amide bonds. The molecule has 0 unspecified atom stereocenters. The van der Waals surface area contributed by atoms with Gasteiger partial charge in [0.15, 0.2) is 0 Å². The molecule has 0 aliphatic rings. The molecule has 0 aromatic heterocycles. The van der Waals surface area contributed by atoms with Crippen molar-refractivity contribution >= 4 is 18.5 Å². The van der Waals surface area contributed by atoms with E-state index in [2.05, 4.69) is 0 Å². The van der Waals surface area contributed by atoms with E-state index < -0.39 is 18.5 Å². The van der Waals surface area contributed by atoms with E-state index in [-0.39, 0.29) is 24.7 Å². The van der Waals surface area contributed by atoms with Gasteiger partial charge in [-0.1, -0.05) is 0 Å². The number of hydrogen-bond acceptors (Lipinski definition) is 9. The summed E-state index contributed by atoms with van der Waals surface area (Å²) in [6.07, 6.45) is -7.00. The summed E-state index contributed by atoms with van der Waals surface area (Å²) in [4.78, 5) is 25.0. The number of carbonyl (C=O) groups excluding carboxylic acids is 3. The first kappa shape index (κ1) is 29.4. The molecular weight excluding hydrogens is 245 g/mol. The summed E-state index contributed by atoms with van der Waals surface area (Å²) < 4.78 is 0. The van der Waals surface area contributed by atoms with Crippen LogP contribution in [0.25, 0.3) is 0 Å². The second-order valence-electron chi connectivity index (χ2n) is 0.750. The Morgan fingerprint density at radius 3 is 0.571 bits per heavy atom. The minimum absolute atomic E-state index is 0. The van der Waals surface area contributed by atoms with Gasteiger partial charge in [-0.05, 0) is 18.5 Å². The number of carbonyl (C=O) groups is 3. The third kappa shape index (κ3) is 335. The minimum Gasteiger partial charge on any atom is -0.652 e. The Bertz CT molecular complexity index is 118. The molecule has 0 aromatic carbocycles. The van der Waals surface area contributed by atoms with Crippen molar-refractivity contribution < 1.29 is 63.6 Å². The van der Waals surface area contributed by atoms with Crippen molar-refractivity contribution in [1.82, 2.24) is 6.15 Å². The molecular formula is C3H4NO9V. The SMILES string of the molecule is O=C([O-])[O-].O=C([O-])[O-].O=C([O-])[O-].[NH4+].[V+5]. The normalized spacial score (nSPS) is 5.14. The van der Waals surface area contributed by atoms with Crippen molar-refractivity contribution in [2.75, 3.05) is 0 Å². The number of rotatable bonds is 0. The molecule has 0 saturated carbocycles. The van der Waals surface area contributed by atoms with Crippen LogP contribution in [0.3, 0.4) is 0 Å². The van der Waals surface area contributed by atoms with E-state index in [0.717, 1.165) is 0 Å². The smallest absolute Gasteiger partial charge is 0.652 e. The fraction of sp³-hybridized carbons (Fsp3) is 0. The van der Waals surface area contributed by atoms with Crippen LogP contribution < -0.4 is 36.8 Å². The molecule has 0 spiro atoms. The number of carboxylic acid groups (broad SMARTS) is 6. The van der Waals surface area contributed by atoms with Gasteiger partial charge in [-0.3, -0.25) is 0 Å². The number of hydrogen-bond donors (Lipinski definition) is 1. The van der Waals surface area contributed by atoms with Crippen LogP contribution in [-0.2, 0) is 18.6 Å². The Morgan fingerprint density at radius 2 is 0.571 bits per heavy atom. The van der Waals surface area contributed by atoms with Crippen LogP contribution in [0.5, 0.6) is 0 Å². The van der Waals surface area contributed by atoms with Crippen LogP contribution in [-0.4, -0.2) is 18.5 Å². The van der Waals surface area contributed by atoms with Gasteiger partial charge in [-0.25, -0.2) is 0 Å². The van der Waals surface area contributed by atoms with Gasteiger partial charge in [0.2, 0.25) is 0 Å². The van der Waals surface area contributed by atoms with Crippen molar-refractivity contribution in [1.29, 1.82) is 0 Å². The van der Waals surface area contributed by atoms with Crippen LogP contribution in [0.4, 0.5) is 14.4 Å². The zero-order valence-corrected chi connectivity index (χ0v) is 8.02. The van der Waals surface area contributed by atoms with Crippen LogP contribution in [0.2, 0.25) is 0 Å². The van der Waals surface area contributed by atoms with Gasteiger partial charge in [-0.15, -0.1) is 0 Å².